The molecule has 0 saturated carbocycles. The molecule has 5 rings (SSSR count). The standard InChI is InChI=1S/C22H17ClN2O4S/c23-16-2-1-3-18-19(16)24-20(30-18)15-10-14-5-4-13(11-17(14)29-21(15)26)12-6-8-25(9-7-12)22(27)28/h1-5,10-12H,6-9H2,(H,27,28). The number of aromatic nitrogens is 1. The summed E-state index contributed by atoms with van der Waals surface area (Å²) >= 11 is 7.62. The van der Waals surface area contributed by atoms with E-state index in [-0.39, 0.29) is 5.92 Å². The average molecular weight is 441 g/mol. The first kappa shape index (κ1) is 19.1. The van der Waals surface area contributed by atoms with Crippen LogP contribution in [-0.4, -0.2) is 34.2 Å². The number of fused-ring (bicyclic) bond motifs is 2. The summed E-state index contributed by atoms with van der Waals surface area (Å²) in [6.45, 7) is 1.03. The molecule has 1 saturated heterocycles. The molecule has 0 bridgehead atoms. The number of benzene rings is 2. The quantitative estimate of drug-likeness (QED) is 0.411. The van der Waals surface area contributed by atoms with Crippen molar-refractivity contribution in [1.29, 1.82) is 0 Å². The maximum Gasteiger partial charge on any atom is 0.407 e. The number of carboxylic acid groups (broad SMARTS) is 1. The van der Waals surface area contributed by atoms with E-state index < -0.39 is 11.7 Å². The largest absolute Gasteiger partial charge is 0.465 e. The summed E-state index contributed by atoms with van der Waals surface area (Å²) in [5.41, 5.74) is 2.26. The number of nitrogens with zero attached hydrogens (tertiary/aromatic N) is 2. The van der Waals surface area contributed by atoms with Crippen molar-refractivity contribution in [2.24, 2.45) is 0 Å². The summed E-state index contributed by atoms with van der Waals surface area (Å²) in [6.07, 6.45) is 0.640. The van der Waals surface area contributed by atoms with Crippen molar-refractivity contribution < 1.29 is 14.3 Å². The van der Waals surface area contributed by atoms with Gasteiger partial charge in [0.05, 0.1) is 15.3 Å². The molecule has 0 radical (unpaired) electrons. The molecule has 0 aliphatic carbocycles. The Balaban J connectivity index is 1.49. The molecule has 4 aromatic rings. The Kier molecular flexibility index (Phi) is 4.72. The van der Waals surface area contributed by atoms with Crippen molar-refractivity contribution in [1.82, 2.24) is 9.88 Å². The summed E-state index contributed by atoms with van der Waals surface area (Å²) in [5.74, 6) is 0.251. The molecular weight excluding hydrogens is 424 g/mol. The van der Waals surface area contributed by atoms with Gasteiger partial charge in [0.25, 0.3) is 0 Å². The highest BCUT2D eigenvalue weighted by Crippen LogP contribution is 2.34. The highest BCUT2D eigenvalue weighted by atomic mass is 35.5. The van der Waals surface area contributed by atoms with E-state index in [1.54, 1.807) is 6.07 Å². The fraction of sp³-hybridized carbons (Fsp3) is 0.227. The molecule has 6 nitrogen and oxygen atoms in total. The molecule has 1 aliphatic rings. The van der Waals surface area contributed by atoms with Crippen molar-refractivity contribution in [3.8, 4) is 10.6 Å². The van der Waals surface area contributed by atoms with Gasteiger partial charge >= 0.3 is 11.7 Å². The third kappa shape index (κ3) is 3.34. The van der Waals surface area contributed by atoms with E-state index in [1.807, 2.05) is 36.4 Å². The van der Waals surface area contributed by atoms with E-state index in [0.717, 1.165) is 28.5 Å². The van der Waals surface area contributed by atoms with Gasteiger partial charge in [-0.2, -0.15) is 0 Å². The fourth-order valence-electron chi connectivity index (χ4n) is 3.97. The third-order valence-corrected chi connectivity index (χ3v) is 6.96. The number of amides is 1. The molecule has 0 unspecified atom stereocenters. The number of hydrogen-bond acceptors (Lipinski definition) is 5. The van der Waals surface area contributed by atoms with Crippen molar-refractivity contribution in [3.63, 3.8) is 0 Å². The molecule has 2 aromatic carbocycles. The summed E-state index contributed by atoms with van der Waals surface area (Å²) in [7, 11) is 0. The predicted molar refractivity (Wildman–Crippen MR) is 118 cm³/mol. The lowest BCUT2D eigenvalue weighted by molar-refractivity contribution is 0.132. The van der Waals surface area contributed by atoms with Gasteiger partial charge in [-0.05, 0) is 48.6 Å². The zero-order valence-corrected chi connectivity index (χ0v) is 17.4. The predicted octanol–water partition coefficient (Wildman–Crippen LogP) is 5.58. The molecule has 2 aromatic heterocycles. The van der Waals surface area contributed by atoms with Crippen LogP contribution in [0, 0.1) is 0 Å². The molecule has 0 atom stereocenters. The lowest BCUT2D eigenvalue weighted by atomic mass is 9.89. The molecule has 8 heteroatoms. The van der Waals surface area contributed by atoms with Crippen LogP contribution < -0.4 is 5.63 Å². The second-order valence-corrected chi connectivity index (χ2v) is 8.83. The molecule has 1 amide bonds. The summed E-state index contributed by atoms with van der Waals surface area (Å²) < 4.78 is 6.55. The van der Waals surface area contributed by atoms with Crippen molar-refractivity contribution in [3.05, 3.63) is 63.5 Å². The van der Waals surface area contributed by atoms with Crippen LogP contribution in [0.1, 0.15) is 24.3 Å². The molecule has 1 fully saturated rings. The van der Waals surface area contributed by atoms with Crippen LogP contribution in [0.4, 0.5) is 4.79 Å². The smallest absolute Gasteiger partial charge is 0.407 e. The summed E-state index contributed by atoms with van der Waals surface area (Å²) in [6, 6.07) is 13.2. The first-order valence-electron chi connectivity index (χ1n) is 9.61. The Morgan fingerprint density at radius 3 is 2.73 bits per heavy atom. The van der Waals surface area contributed by atoms with E-state index >= 15 is 0 Å². The van der Waals surface area contributed by atoms with Crippen LogP contribution in [0.5, 0.6) is 0 Å². The Hall–Kier alpha value is -2.90. The van der Waals surface area contributed by atoms with Gasteiger partial charge in [0, 0.05) is 18.5 Å². The molecule has 0 spiro atoms. The number of para-hydroxylation sites is 1. The molecule has 1 aliphatic heterocycles. The van der Waals surface area contributed by atoms with E-state index in [0.29, 0.717) is 39.8 Å². The van der Waals surface area contributed by atoms with Crippen molar-refractivity contribution in [2.75, 3.05) is 13.1 Å². The minimum atomic E-state index is -0.873. The topological polar surface area (TPSA) is 83.6 Å². The van der Waals surface area contributed by atoms with E-state index in [1.165, 1.54) is 16.2 Å². The zero-order valence-electron chi connectivity index (χ0n) is 15.8. The van der Waals surface area contributed by atoms with Gasteiger partial charge in [-0.15, -0.1) is 11.3 Å². The lowest BCUT2D eigenvalue weighted by Crippen LogP contribution is -2.36. The van der Waals surface area contributed by atoms with Gasteiger partial charge in [-0.3, -0.25) is 0 Å². The van der Waals surface area contributed by atoms with Crippen molar-refractivity contribution >= 4 is 50.2 Å². The number of hydrogen-bond donors (Lipinski definition) is 1. The third-order valence-electron chi connectivity index (χ3n) is 5.60. The van der Waals surface area contributed by atoms with Gasteiger partial charge in [-0.25, -0.2) is 14.6 Å². The van der Waals surface area contributed by atoms with Crippen molar-refractivity contribution in [2.45, 2.75) is 18.8 Å². The second kappa shape index (κ2) is 7.41. The van der Waals surface area contributed by atoms with E-state index in [4.69, 9.17) is 21.1 Å². The average Bonchev–Trinajstić information content (AvgIpc) is 3.18. The van der Waals surface area contributed by atoms with Gasteiger partial charge in [0.15, 0.2) is 0 Å². The number of piperidine rings is 1. The molecule has 152 valence electrons. The maximum atomic E-state index is 12.7. The number of thiazole rings is 1. The van der Waals surface area contributed by atoms with Crippen LogP contribution in [0.2, 0.25) is 5.02 Å². The maximum absolute atomic E-state index is 12.7. The SMILES string of the molecule is O=C(O)N1CCC(c2ccc3cc(-c4nc5c(Cl)cccc5s4)c(=O)oc3c2)CC1. The summed E-state index contributed by atoms with van der Waals surface area (Å²) in [4.78, 5) is 29.8. The van der Waals surface area contributed by atoms with Crippen LogP contribution >= 0.6 is 22.9 Å². The Morgan fingerprint density at radius 1 is 1.20 bits per heavy atom. The van der Waals surface area contributed by atoms with E-state index in [2.05, 4.69) is 4.98 Å². The summed E-state index contributed by atoms with van der Waals surface area (Å²) in [5, 5.41) is 11.1. The molecule has 30 heavy (non-hydrogen) atoms. The first-order chi connectivity index (χ1) is 14.5. The Morgan fingerprint density at radius 2 is 2.00 bits per heavy atom. The highest BCUT2D eigenvalue weighted by molar-refractivity contribution is 7.21. The number of likely N-dealkylation sites (tertiary alicyclic amines) is 1. The van der Waals surface area contributed by atoms with Crippen LogP contribution in [0.15, 0.2) is 51.7 Å². The first-order valence-corrected chi connectivity index (χ1v) is 10.8. The Bertz CT molecular complexity index is 1340. The minimum Gasteiger partial charge on any atom is -0.465 e. The number of halogens is 1. The van der Waals surface area contributed by atoms with E-state index in [9.17, 15) is 9.59 Å². The fourth-order valence-corrected chi connectivity index (χ4v) is 5.23. The van der Waals surface area contributed by atoms with Crippen LogP contribution in [0.3, 0.4) is 0 Å². The molecule has 1 N–H and O–H groups in total. The highest BCUT2D eigenvalue weighted by Gasteiger charge is 2.24. The van der Waals surface area contributed by atoms with Gasteiger partial charge in [-0.1, -0.05) is 29.8 Å². The molecule has 3 heterocycles. The van der Waals surface area contributed by atoms with Crippen LogP contribution in [-0.2, 0) is 0 Å². The number of rotatable bonds is 2. The Labute approximate surface area is 180 Å². The minimum absolute atomic E-state index is 0.251. The lowest BCUT2D eigenvalue weighted by Gasteiger charge is -2.30. The monoisotopic (exact) mass is 440 g/mol. The normalized spacial score (nSPS) is 15.2. The number of carbonyl (C=O) groups is 1. The zero-order chi connectivity index (χ0) is 20.8. The van der Waals surface area contributed by atoms with Gasteiger partial charge < -0.3 is 14.4 Å². The van der Waals surface area contributed by atoms with Crippen LogP contribution in [0.25, 0.3) is 31.8 Å². The molecular formula is C22H17ClN2O4S. The van der Waals surface area contributed by atoms with Gasteiger partial charge in [0.1, 0.15) is 16.1 Å². The second-order valence-electron chi connectivity index (χ2n) is 7.39. The van der Waals surface area contributed by atoms with Gasteiger partial charge in [0.2, 0.25) is 0 Å².